The standard InChI is InChI=1S/C31H41NO4/c1-3-5-6-7-8-9-10-11-12-13-14-15-16-17-18-19-20-21-22-23-30(34)32-27-24-25-29(33)28(26-27)31(35)36-4-2/h5-6,8-9,11-12,14-15,17-18,20-21,24-26,33H,3-4,7,10,13,16,19,22-23H2,1-2H3,(H,32,34). The Hall–Kier alpha value is -3.60. The predicted molar refractivity (Wildman–Crippen MR) is 150 cm³/mol. The van der Waals surface area contributed by atoms with E-state index in [-0.39, 0.29) is 23.8 Å². The van der Waals surface area contributed by atoms with Crippen LogP contribution in [0.4, 0.5) is 5.69 Å². The van der Waals surface area contributed by atoms with Crippen LogP contribution in [0.15, 0.2) is 91.1 Å². The molecule has 1 amide bonds. The van der Waals surface area contributed by atoms with Crippen molar-refractivity contribution < 1.29 is 19.4 Å². The van der Waals surface area contributed by atoms with Crippen molar-refractivity contribution in [3.63, 3.8) is 0 Å². The van der Waals surface area contributed by atoms with Gasteiger partial charge in [0, 0.05) is 12.1 Å². The van der Waals surface area contributed by atoms with Crippen LogP contribution < -0.4 is 5.32 Å². The van der Waals surface area contributed by atoms with Gasteiger partial charge in [0.05, 0.1) is 6.61 Å². The van der Waals surface area contributed by atoms with Crippen LogP contribution in [-0.2, 0) is 9.53 Å². The van der Waals surface area contributed by atoms with Crippen LogP contribution >= 0.6 is 0 Å². The van der Waals surface area contributed by atoms with E-state index >= 15 is 0 Å². The second kappa shape index (κ2) is 20.7. The summed E-state index contributed by atoms with van der Waals surface area (Å²) in [5.74, 6) is -0.955. The molecule has 1 aromatic rings. The van der Waals surface area contributed by atoms with Crippen molar-refractivity contribution >= 4 is 17.6 Å². The van der Waals surface area contributed by atoms with Gasteiger partial charge in [-0.25, -0.2) is 4.79 Å². The minimum atomic E-state index is -0.621. The lowest BCUT2D eigenvalue weighted by Gasteiger charge is -2.08. The highest BCUT2D eigenvalue weighted by Gasteiger charge is 2.13. The van der Waals surface area contributed by atoms with Crippen molar-refractivity contribution in [3.05, 3.63) is 96.7 Å². The lowest BCUT2D eigenvalue weighted by molar-refractivity contribution is -0.116. The SMILES string of the molecule is CCC=CCC=CCC=CCC=CCC=CCC=CCCC(=O)Nc1ccc(O)c(C(=O)OCC)c1. The van der Waals surface area contributed by atoms with Gasteiger partial charge in [-0.05, 0) is 70.1 Å². The Morgan fingerprint density at radius 3 is 1.78 bits per heavy atom. The molecule has 0 atom stereocenters. The molecule has 1 aromatic carbocycles. The normalized spacial score (nSPS) is 12.3. The van der Waals surface area contributed by atoms with E-state index < -0.39 is 5.97 Å². The summed E-state index contributed by atoms with van der Waals surface area (Å²) in [5.41, 5.74) is 0.482. The molecule has 0 aliphatic rings. The van der Waals surface area contributed by atoms with Crippen LogP contribution in [0.5, 0.6) is 5.75 Å². The summed E-state index contributed by atoms with van der Waals surface area (Å²) in [6, 6.07) is 4.34. The van der Waals surface area contributed by atoms with E-state index in [0.29, 0.717) is 18.5 Å². The third kappa shape index (κ3) is 15.3. The maximum atomic E-state index is 12.1. The van der Waals surface area contributed by atoms with Crippen molar-refractivity contribution in [3.8, 4) is 5.75 Å². The number of phenols is 1. The van der Waals surface area contributed by atoms with E-state index in [9.17, 15) is 14.7 Å². The van der Waals surface area contributed by atoms with Gasteiger partial charge in [-0.1, -0.05) is 79.8 Å². The minimum Gasteiger partial charge on any atom is -0.507 e. The van der Waals surface area contributed by atoms with Gasteiger partial charge in [-0.15, -0.1) is 0 Å². The highest BCUT2D eigenvalue weighted by atomic mass is 16.5. The van der Waals surface area contributed by atoms with Gasteiger partial charge in [-0.2, -0.15) is 0 Å². The van der Waals surface area contributed by atoms with E-state index in [1.807, 2.05) is 12.2 Å². The summed E-state index contributed by atoms with van der Waals surface area (Å²) in [5, 5.41) is 12.5. The van der Waals surface area contributed by atoms with E-state index in [1.165, 1.54) is 12.1 Å². The lowest BCUT2D eigenvalue weighted by Crippen LogP contribution is -2.12. The number of allylic oxidation sites excluding steroid dienone is 12. The smallest absolute Gasteiger partial charge is 0.341 e. The summed E-state index contributed by atoms with van der Waals surface area (Å²) >= 11 is 0. The van der Waals surface area contributed by atoms with Gasteiger partial charge in [0.2, 0.25) is 5.91 Å². The molecular formula is C31H41NO4. The highest BCUT2D eigenvalue weighted by Crippen LogP contribution is 2.22. The number of benzene rings is 1. The Morgan fingerprint density at radius 1 is 0.778 bits per heavy atom. The zero-order valence-corrected chi connectivity index (χ0v) is 21.7. The second-order valence-corrected chi connectivity index (χ2v) is 7.95. The fourth-order valence-corrected chi connectivity index (χ4v) is 3.06. The first-order valence-electron chi connectivity index (χ1n) is 12.8. The molecule has 0 heterocycles. The van der Waals surface area contributed by atoms with Crippen LogP contribution in [0.25, 0.3) is 0 Å². The molecule has 0 aliphatic carbocycles. The van der Waals surface area contributed by atoms with Crippen molar-refractivity contribution in [2.24, 2.45) is 0 Å². The molecule has 194 valence electrons. The molecule has 0 aliphatic heterocycles. The lowest BCUT2D eigenvalue weighted by atomic mass is 10.1. The molecule has 5 nitrogen and oxygen atoms in total. The minimum absolute atomic E-state index is 0.0339. The van der Waals surface area contributed by atoms with Crippen LogP contribution in [0, 0.1) is 0 Å². The maximum absolute atomic E-state index is 12.1. The molecule has 5 heteroatoms. The first kappa shape index (κ1) is 30.4. The molecule has 0 spiro atoms. The van der Waals surface area contributed by atoms with Crippen molar-refractivity contribution in [2.75, 3.05) is 11.9 Å². The Bertz CT molecular complexity index is 951. The largest absolute Gasteiger partial charge is 0.507 e. The Morgan fingerprint density at radius 2 is 1.28 bits per heavy atom. The monoisotopic (exact) mass is 491 g/mol. The number of ether oxygens (including phenoxy) is 1. The second-order valence-electron chi connectivity index (χ2n) is 7.95. The molecule has 0 unspecified atom stereocenters. The predicted octanol–water partition coefficient (Wildman–Crippen LogP) is 7.99. The number of carbonyl (C=O) groups is 2. The molecule has 0 saturated carbocycles. The van der Waals surface area contributed by atoms with Gasteiger partial charge < -0.3 is 15.2 Å². The summed E-state index contributed by atoms with van der Waals surface area (Å²) < 4.78 is 4.90. The summed E-state index contributed by atoms with van der Waals surface area (Å²) in [6.45, 7) is 4.04. The maximum Gasteiger partial charge on any atom is 0.341 e. The molecule has 0 bridgehead atoms. The number of anilines is 1. The van der Waals surface area contributed by atoms with Crippen molar-refractivity contribution in [2.45, 2.75) is 65.2 Å². The average molecular weight is 492 g/mol. The number of hydrogen-bond donors (Lipinski definition) is 2. The van der Waals surface area contributed by atoms with Crippen LogP contribution in [0.2, 0.25) is 0 Å². The zero-order valence-electron chi connectivity index (χ0n) is 21.7. The molecule has 2 N–H and O–H groups in total. The topological polar surface area (TPSA) is 75.6 Å². The van der Waals surface area contributed by atoms with E-state index in [0.717, 1.165) is 38.5 Å². The fourth-order valence-electron chi connectivity index (χ4n) is 3.06. The molecule has 0 saturated heterocycles. The van der Waals surface area contributed by atoms with E-state index in [2.05, 4.69) is 73.0 Å². The van der Waals surface area contributed by atoms with Gasteiger partial charge in [0.15, 0.2) is 0 Å². The van der Waals surface area contributed by atoms with Gasteiger partial charge in [-0.3, -0.25) is 4.79 Å². The average Bonchev–Trinajstić information content (AvgIpc) is 2.86. The number of amides is 1. The van der Waals surface area contributed by atoms with E-state index in [4.69, 9.17) is 4.74 Å². The molecule has 1 rings (SSSR count). The number of carbonyl (C=O) groups excluding carboxylic acids is 2. The number of aromatic hydroxyl groups is 1. The number of hydrogen-bond acceptors (Lipinski definition) is 4. The fraction of sp³-hybridized carbons (Fsp3) is 0.355. The highest BCUT2D eigenvalue weighted by molar-refractivity contribution is 5.96. The summed E-state index contributed by atoms with van der Waals surface area (Å²) in [4.78, 5) is 24.0. The first-order valence-corrected chi connectivity index (χ1v) is 12.8. The molecule has 0 radical (unpaired) electrons. The van der Waals surface area contributed by atoms with E-state index in [1.54, 1.807) is 13.0 Å². The number of phenolic OH excluding ortho intramolecular Hbond substituents is 1. The Kier molecular flexibility index (Phi) is 17.5. The molecular weight excluding hydrogens is 450 g/mol. The van der Waals surface area contributed by atoms with Crippen LogP contribution in [0.1, 0.15) is 75.6 Å². The van der Waals surface area contributed by atoms with Gasteiger partial charge in [0.1, 0.15) is 11.3 Å². The van der Waals surface area contributed by atoms with Crippen LogP contribution in [0.3, 0.4) is 0 Å². The molecule has 36 heavy (non-hydrogen) atoms. The number of esters is 1. The van der Waals surface area contributed by atoms with Gasteiger partial charge in [0.25, 0.3) is 0 Å². The zero-order chi connectivity index (χ0) is 26.3. The Labute approximate surface area is 216 Å². The third-order valence-electron chi connectivity index (χ3n) is 4.91. The molecule has 0 fully saturated rings. The van der Waals surface area contributed by atoms with Gasteiger partial charge >= 0.3 is 5.97 Å². The van der Waals surface area contributed by atoms with Crippen molar-refractivity contribution in [1.82, 2.24) is 0 Å². The number of rotatable bonds is 17. The third-order valence-corrected chi connectivity index (χ3v) is 4.91. The van der Waals surface area contributed by atoms with Crippen molar-refractivity contribution in [1.29, 1.82) is 0 Å². The summed E-state index contributed by atoms with van der Waals surface area (Å²) in [7, 11) is 0. The van der Waals surface area contributed by atoms with Crippen LogP contribution in [-0.4, -0.2) is 23.6 Å². The summed E-state index contributed by atoms with van der Waals surface area (Å²) in [6.07, 6.45) is 32.5. The number of nitrogens with one attached hydrogen (secondary N) is 1. The first-order chi connectivity index (χ1) is 17.6. The molecule has 0 aromatic heterocycles. The Balaban J connectivity index is 2.16. The quantitative estimate of drug-likeness (QED) is 0.132.